The molecule has 4 nitrogen and oxygen atoms in total. The average Bonchev–Trinajstić information content (AvgIpc) is 2.21. The van der Waals surface area contributed by atoms with Gasteiger partial charge in [0, 0.05) is 5.02 Å². The fourth-order valence-corrected chi connectivity index (χ4v) is 1.26. The van der Waals surface area contributed by atoms with Crippen LogP contribution in [-0.2, 0) is 4.79 Å². The lowest BCUT2D eigenvalue weighted by molar-refractivity contribution is -0.144. The van der Waals surface area contributed by atoms with E-state index in [1.54, 1.807) is 6.07 Å². The number of halogens is 2. The highest BCUT2D eigenvalue weighted by Gasteiger charge is 2.14. The first kappa shape index (κ1) is 17.0. The number of aliphatic carboxylic acids is 1. The zero-order chi connectivity index (χ0) is 14.3. The van der Waals surface area contributed by atoms with Crippen LogP contribution in [0, 0.1) is 0 Å². The fourth-order valence-electron chi connectivity index (χ4n) is 0.812. The molecule has 18 heavy (non-hydrogen) atoms. The summed E-state index contributed by atoms with van der Waals surface area (Å²) < 4.78 is 5.07. The molecular formula is C12H17Cl2NO3. The Morgan fingerprint density at radius 3 is 2.22 bits per heavy atom. The third-order valence-corrected chi connectivity index (χ3v) is 2.08. The van der Waals surface area contributed by atoms with Crippen molar-refractivity contribution in [2.45, 2.75) is 32.9 Å². The number of hydrogen-bond donors (Lipinski definition) is 2. The van der Waals surface area contributed by atoms with Crippen molar-refractivity contribution in [3.8, 4) is 5.75 Å². The SMILES string of the molecule is CC(C)N.CC(Oc1ccc(Cl)cc1Cl)C(=O)O. The Labute approximate surface area is 117 Å². The lowest BCUT2D eigenvalue weighted by atomic mass is 10.3. The summed E-state index contributed by atoms with van der Waals surface area (Å²) in [6.45, 7) is 5.31. The normalized spacial score (nSPS) is 11.5. The number of carboxylic acids is 1. The minimum absolute atomic E-state index is 0.297. The van der Waals surface area contributed by atoms with E-state index < -0.39 is 12.1 Å². The van der Waals surface area contributed by atoms with E-state index in [0.29, 0.717) is 21.8 Å². The number of ether oxygens (including phenoxy) is 1. The van der Waals surface area contributed by atoms with Gasteiger partial charge >= 0.3 is 5.97 Å². The van der Waals surface area contributed by atoms with Crippen molar-refractivity contribution in [3.05, 3.63) is 28.2 Å². The average molecular weight is 294 g/mol. The Hall–Kier alpha value is -0.970. The minimum Gasteiger partial charge on any atom is -0.479 e. The van der Waals surface area contributed by atoms with Gasteiger partial charge in [-0.25, -0.2) is 4.79 Å². The van der Waals surface area contributed by atoms with Gasteiger partial charge in [0.15, 0.2) is 6.10 Å². The molecule has 0 aliphatic heterocycles. The number of rotatable bonds is 3. The largest absolute Gasteiger partial charge is 0.479 e. The summed E-state index contributed by atoms with van der Waals surface area (Å²) in [5.74, 6) is -0.734. The van der Waals surface area contributed by atoms with Gasteiger partial charge in [0.2, 0.25) is 0 Å². The molecule has 0 saturated heterocycles. The predicted octanol–water partition coefficient (Wildman–Crippen LogP) is 3.20. The Bertz CT molecular complexity index is 394. The summed E-state index contributed by atoms with van der Waals surface area (Å²) >= 11 is 11.4. The summed E-state index contributed by atoms with van der Waals surface area (Å²) in [7, 11) is 0. The van der Waals surface area contributed by atoms with Gasteiger partial charge in [0.1, 0.15) is 5.75 Å². The second kappa shape index (κ2) is 8.19. The highest BCUT2D eigenvalue weighted by Crippen LogP contribution is 2.28. The van der Waals surface area contributed by atoms with Crippen LogP contribution in [0.1, 0.15) is 20.8 Å². The predicted molar refractivity (Wildman–Crippen MR) is 73.5 cm³/mol. The number of nitrogens with two attached hydrogens (primary N) is 1. The summed E-state index contributed by atoms with van der Waals surface area (Å²) in [4.78, 5) is 10.5. The maximum absolute atomic E-state index is 10.5. The van der Waals surface area contributed by atoms with Crippen molar-refractivity contribution in [1.82, 2.24) is 0 Å². The van der Waals surface area contributed by atoms with Gasteiger partial charge in [-0.15, -0.1) is 0 Å². The van der Waals surface area contributed by atoms with E-state index in [1.807, 2.05) is 13.8 Å². The Balaban J connectivity index is 0.000000631. The first-order chi connectivity index (χ1) is 8.23. The first-order valence-electron chi connectivity index (χ1n) is 5.34. The molecule has 0 amide bonds. The van der Waals surface area contributed by atoms with Gasteiger partial charge in [-0.1, -0.05) is 37.0 Å². The lowest BCUT2D eigenvalue weighted by Gasteiger charge is -2.11. The lowest BCUT2D eigenvalue weighted by Crippen LogP contribution is -2.22. The van der Waals surface area contributed by atoms with E-state index in [-0.39, 0.29) is 0 Å². The van der Waals surface area contributed by atoms with Crippen molar-refractivity contribution < 1.29 is 14.6 Å². The maximum atomic E-state index is 10.5. The highest BCUT2D eigenvalue weighted by molar-refractivity contribution is 6.35. The van der Waals surface area contributed by atoms with Gasteiger partial charge in [-0.3, -0.25) is 0 Å². The zero-order valence-corrected chi connectivity index (χ0v) is 12.0. The molecule has 0 heterocycles. The molecule has 0 fully saturated rings. The molecule has 1 unspecified atom stereocenters. The molecule has 0 aromatic heterocycles. The van der Waals surface area contributed by atoms with Crippen LogP contribution in [0.3, 0.4) is 0 Å². The molecule has 6 heteroatoms. The van der Waals surface area contributed by atoms with Crippen molar-refractivity contribution >= 4 is 29.2 Å². The van der Waals surface area contributed by atoms with Crippen LogP contribution in [0.5, 0.6) is 5.75 Å². The molecule has 0 spiro atoms. The molecule has 0 aliphatic rings. The standard InChI is InChI=1S/C9H8Cl2O3.C3H9N/c1-5(9(12)13)14-8-3-2-6(10)4-7(8)11;1-3(2)4/h2-5H,1H3,(H,12,13);3H,4H2,1-2H3. The first-order valence-corrected chi connectivity index (χ1v) is 6.09. The number of benzene rings is 1. The maximum Gasteiger partial charge on any atom is 0.344 e. The van der Waals surface area contributed by atoms with E-state index >= 15 is 0 Å². The molecule has 1 rings (SSSR count). The molecular weight excluding hydrogens is 277 g/mol. The number of carboxylic acid groups (broad SMARTS) is 1. The monoisotopic (exact) mass is 293 g/mol. The van der Waals surface area contributed by atoms with Gasteiger partial charge in [0.25, 0.3) is 0 Å². The second-order valence-electron chi connectivity index (χ2n) is 3.92. The molecule has 1 atom stereocenters. The van der Waals surface area contributed by atoms with E-state index in [1.165, 1.54) is 19.1 Å². The quantitative estimate of drug-likeness (QED) is 0.898. The van der Waals surface area contributed by atoms with Gasteiger partial charge in [-0.2, -0.15) is 0 Å². The van der Waals surface area contributed by atoms with Crippen LogP contribution < -0.4 is 10.5 Å². The van der Waals surface area contributed by atoms with E-state index in [9.17, 15) is 4.79 Å². The van der Waals surface area contributed by atoms with Crippen molar-refractivity contribution in [2.75, 3.05) is 0 Å². The molecule has 1 aromatic carbocycles. The number of carbonyl (C=O) groups is 1. The van der Waals surface area contributed by atoms with E-state index in [2.05, 4.69) is 0 Å². The highest BCUT2D eigenvalue weighted by atomic mass is 35.5. The van der Waals surface area contributed by atoms with Gasteiger partial charge in [-0.05, 0) is 31.2 Å². The summed E-state index contributed by atoms with van der Waals surface area (Å²) in [5, 5.41) is 9.37. The Morgan fingerprint density at radius 2 is 1.83 bits per heavy atom. The van der Waals surface area contributed by atoms with Crippen LogP contribution in [0.4, 0.5) is 0 Å². The fraction of sp³-hybridized carbons (Fsp3) is 0.417. The van der Waals surface area contributed by atoms with Gasteiger partial charge in [0.05, 0.1) is 5.02 Å². The van der Waals surface area contributed by atoms with Crippen LogP contribution >= 0.6 is 23.2 Å². The Kier molecular flexibility index (Phi) is 7.75. The van der Waals surface area contributed by atoms with Crippen LogP contribution in [0.25, 0.3) is 0 Å². The van der Waals surface area contributed by atoms with Crippen LogP contribution in [0.2, 0.25) is 10.0 Å². The molecule has 0 radical (unpaired) electrons. The molecule has 1 aromatic rings. The summed E-state index contributed by atoms with van der Waals surface area (Å²) in [5.41, 5.74) is 5.11. The third-order valence-electron chi connectivity index (χ3n) is 1.55. The van der Waals surface area contributed by atoms with Crippen molar-refractivity contribution in [1.29, 1.82) is 0 Å². The Morgan fingerprint density at radius 1 is 1.33 bits per heavy atom. The zero-order valence-electron chi connectivity index (χ0n) is 10.5. The molecule has 3 N–H and O–H groups in total. The van der Waals surface area contributed by atoms with Crippen molar-refractivity contribution in [2.24, 2.45) is 5.73 Å². The third kappa shape index (κ3) is 7.37. The molecule has 0 aliphatic carbocycles. The van der Waals surface area contributed by atoms with Crippen LogP contribution in [-0.4, -0.2) is 23.2 Å². The minimum atomic E-state index is -1.05. The van der Waals surface area contributed by atoms with Crippen LogP contribution in [0.15, 0.2) is 18.2 Å². The van der Waals surface area contributed by atoms with Crippen molar-refractivity contribution in [3.63, 3.8) is 0 Å². The summed E-state index contributed by atoms with van der Waals surface area (Å²) in [6.07, 6.45) is -0.936. The number of hydrogen-bond acceptors (Lipinski definition) is 3. The second-order valence-corrected chi connectivity index (χ2v) is 4.76. The topological polar surface area (TPSA) is 72.5 Å². The smallest absolute Gasteiger partial charge is 0.344 e. The van der Waals surface area contributed by atoms with Gasteiger partial charge < -0.3 is 15.6 Å². The van der Waals surface area contributed by atoms with E-state index in [0.717, 1.165) is 0 Å². The van der Waals surface area contributed by atoms with E-state index in [4.69, 9.17) is 38.8 Å². The molecule has 0 bridgehead atoms. The summed E-state index contributed by atoms with van der Waals surface area (Å²) in [6, 6.07) is 4.94. The molecule has 102 valence electrons. The molecule has 0 saturated carbocycles.